The monoisotopic (exact) mass is 754 g/mol. The number of rotatable bonds is 3. The second kappa shape index (κ2) is 12.0. The van der Waals surface area contributed by atoms with Crippen molar-refractivity contribution in [3.05, 3.63) is 181 Å². The van der Waals surface area contributed by atoms with E-state index < -0.39 is 0 Å². The highest BCUT2D eigenvalue weighted by Gasteiger charge is 2.42. The molecule has 59 heavy (non-hydrogen) atoms. The van der Waals surface area contributed by atoms with Crippen LogP contribution < -0.4 is 0 Å². The lowest BCUT2D eigenvalue weighted by molar-refractivity contribution is 0.166. The van der Waals surface area contributed by atoms with Gasteiger partial charge in [0, 0.05) is 32.9 Å². The van der Waals surface area contributed by atoms with Crippen LogP contribution in [-0.2, 0) is 0 Å². The van der Waals surface area contributed by atoms with E-state index in [1.165, 1.54) is 131 Å². The van der Waals surface area contributed by atoms with Crippen molar-refractivity contribution in [2.24, 2.45) is 11.8 Å². The van der Waals surface area contributed by atoms with Crippen LogP contribution in [0.3, 0.4) is 0 Å². The second-order valence-electron chi connectivity index (χ2n) is 18.1. The van der Waals surface area contributed by atoms with Gasteiger partial charge in [-0.2, -0.15) is 0 Å². The fourth-order valence-electron chi connectivity index (χ4n) is 12.7. The van der Waals surface area contributed by atoms with Crippen LogP contribution in [0.2, 0.25) is 0 Å². The van der Waals surface area contributed by atoms with E-state index in [2.05, 4.69) is 179 Å². The predicted molar refractivity (Wildman–Crippen MR) is 249 cm³/mol. The molecule has 0 radical (unpaired) electrons. The first-order valence-corrected chi connectivity index (χ1v) is 21.8. The van der Waals surface area contributed by atoms with Gasteiger partial charge in [-0.25, -0.2) is 0 Å². The van der Waals surface area contributed by atoms with Gasteiger partial charge >= 0.3 is 0 Å². The standard InChI is InChI=1S/C57H42N2/c1-2-11-45-43(9-1)44-10-3-4-12-46(44)51-33-41(20-22-47(45)51)59-55-16-8-6-14-49(55)53-31-37(18-24-57(53)59)36-17-23-56-52(30-36)48-13-5-7-15-54(48)58(56)40-19-21-42-38-26-34-25-35(27-38)29-39(28-34)50(42)32-40/h1-24,30-35,38-39H,25-29H2. The number of nitrogens with zero attached hydrogens (tertiary/aromatic N) is 2. The van der Waals surface area contributed by atoms with Gasteiger partial charge in [-0.15, -0.1) is 0 Å². The molecule has 0 spiro atoms. The lowest BCUT2D eigenvalue weighted by atomic mass is 9.67. The molecular formula is C57H42N2. The third-order valence-electron chi connectivity index (χ3n) is 15.0. The third-order valence-corrected chi connectivity index (χ3v) is 15.0. The maximum atomic E-state index is 2.59. The third kappa shape index (κ3) is 4.58. The molecule has 2 aromatic heterocycles. The van der Waals surface area contributed by atoms with Gasteiger partial charge < -0.3 is 9.13 Å². The van der Waals surface area contributed by atoms with Gasteiger partial charge in [0.1, 0.15) is 0 Å². The molecule has 2 heterocycles. The summed E-state index contributed by atoms with van der Waals surface area (Å²) in [4.78, 5) is 0. The minimum atomic E-state index is 0.725. The highest BCUT2D eigenvalue weighted by molar-refractivity contribution is 6.25. The molecule has 280 valence electrons. The fourth-order valence-corrected chi connectivity index (χ4v) is 12.7. The normalized spacial score (nSPS) is 19.9. The molecule has 0 saturated heterocycles. The smallest absolute Gasteiger partial charge is 0.0541 e. The molecule has 11 aromatic rings. The van der Waals surface area contributed by atoms with Crippen LogP contribution >= 0.6 is 0 Å². The first-order valence-electron chi connectivity index (χ1n) is 21.8. The van der Waals surface area contributed by atoms with Crippen molar-refractivity contribution in [3.8, 4) is 22.5 Å². The molecule has 2 heteroatoms. The summed E-state index contributed by atoms with van der Waals surface area (Å²) in [6.07, 6.45) is 7.06. The largest absolute Gasteiger partial charge is 0.309 e. The average molecular weight is 755 g/mol. The minimum Gasteiger partial charge on any atom is -0.309 e. The number of hydrogen-bond donors (Lipinski definition) is 0. The Morgan fingerprint density at radius 2 is 0.712 bits per heavy atom. The molecule has 0 amide bonds. The van der Waals surface area contributed by atoms with Crippen LogP contribution in [0, 0.1) is 11.8 Å². The van der Waals surface area contributed by atoms with Gasteiger partial charge in [0.05, 0.1) is 22.1 Å². The van der Waals surface area contributed by atoms with Crippen LogP contribution in [0.4, 0.5) is 0 Å². The molecule has 2 saturated carbocycles. The number of fused-ring (bicyclic) bond motifs is 12. The highest BCUT2D eigenvalue weighted by Crippen LogP contribution is 2.56. The Bertz CT molecular complexity index is 3530. The van der Waals surface area contributed by atoms with Crippen molar-refractivity contribution in [1.82, 2.24) is 9.13 Å². The van der Waals surface area contributed by atoms with Gasteiger partial charge in [-0.1, -0.05) is 109 Å². The van der Waals surface area contributed by atoms with E-state index in [1.54, 1.807) is 11.1 Å². The molecule has 2 unspecified atom stereocenters. The van der Waals surface area contributed by atoms with Crippen molar-refractivity contribution in [2.75, 3.05) is 0 Å². The number of benzene rings is 9. The minimum absolute atomic E-state index is 0.725. The maximum absolute atomic E-state index is 2.59. The summed E-state index contributed by atoms with van der Waals surface area (Å²) in [6, 6.07) is 64.5. The predicted octanol–water partition coefficient (Wildman–Crippen LogP) is 15.4. The Morgan fingerprint density at radius 3 is 1.27 bits per heavy atom. The Labute approximate surface area is 342 Å². The number of para-hydroxylation sites is 2. The summed E-state index contributed by atoms with van der Waals surface area (Å²) in [7, 11) is 0. The van der Waals surface area contributed by atoms with E-state index in [0.29, 0.717) is 0 Å². The summed E-state index contributed by atoms with van der Waals surface area (Å²) in [6.45, 7) is 0. The Kier molecular flexibility index (Phi) is 6.55. The maximum Gasteiger partial charge on any atom is 0.0541 e. The van der Waals surface area contributed by atoms with Gasteiger partial charge in [0.15, 0.2) is 0 Å². The molecular weight excluding hydrogens is 713 g/mol. The van der Waals surface area contributed by atoms with Crippen molar-refractivity contribution < 1.29 is 0 Å². The Balaban J connectivity index is 0.920. The van der Waals surface area contributed by atoms with Crippen molar-refractivity contribution in [1.29, 1.82) is 0 Å². The van der Waals surface area contributed by atoms with Crippen molar-refractivity contribution >= 4 is 75.9 Å². The molecule has 15 rings (SSSR count). The SMILES string of the molecule is c1ccc2c(c1)c1ccccc1c1cc(-n3c4ccccc4c4cc(-c5ccc6c(c5)c5ccccc5n6-c5ccc6c(c5)C5CC7CC(CC6C7)C5)ccc43)ccc21. The first-order chi connectivity index (χ1) is 29.2. The van der Waals surface area contributed by atoms with Crippen LogP contribution in [0.5, 0.6) is 0 Å². The van der Waals surface area contributed by atoms with Crippen LogP contribution in [0.25, 0.3) is 98.4 Å². The Hall–Kier alpha value is -6.64. The lowest BCUT2D eigenvalue weighted by Gasteiger charge is -2.38. The molecule has 2 nitrogen and oxygen atoms in total. The molecule has 9 aromatic carbocycles. The van der Waals surface area contributed by atoms with E-state index in [-0.39, 0.29) is 0 Å². The molecule has 0 aliphatic heterocycles. The first kappa shape index (κ1) is 32.3. The van der Waals surface area contributed by atoms with Gasteiger partial charge in [-0.3, -0.25) is 0 Å². The van der Waals surface area contributed by atoms with E-state index in [1.807, 2.05) is 0 Å². The fraction of sp³-hybridized carbons (Fsp3) is 0.158. The Morgan fingerprint density at radius 1 is 0.288 bits per heavy atom. The van der Waals surface area contributed by atoms with Gasteiger partial charge in [0.2, 0.25) is 0 Å². The van der Waals surface area contributed by atoms with Crippen molar-refractivity contribution in [3.63, 3.8) is 0 Å². The van der Waals surface area contributed by atoms with Crippen LogP contribution in [-0.4, -0.2) is 9.13 Å². The van der Waals surface area contributed by atoms with Gasteiger partial charge in [0.25, 0.3) is 0 Å². The van der Waals surface area contributed by atoms with Gasteiger partial charge in [-0.05, 0) is 171 Å². The zero-order chi connectivity index (χ0) is 38.3. The zero-order valence-electron chi connectivity index (χ0n) is 32.9. The summed E-state index contributed by atoms with van der Waals surface area (Å²) < 4.78 is 5.00. The summed E-state index contributed by atoms with van der Waals surface area (Å²) >= 11 is 0. The second-order valence-corrected chi connectivity index (χ2v) is 18.1. The number of hydrogen-bond acceptors (Lipinski definition) is 0. The van der Waals surface area contributed by atoms with Crippen molar-refractivity contribution in [2.45, 2.75) is 43.9 Å². The lowest BCUT2D eigenvalue weighted by Crippen LogP contribution is -2.25. The van der Waals surface area contributed by atoms with E-state index in [4.69, 9.17) is 0 Å². The molecule has 0 N–H and O–H groups in total. The van der Waals surface area contributed by atoms with E-state index in [0.717, 1.165) is 23.7 Å². The molecule has 4 aliphatic carbocycles. The summed E-state index contributed by atoms with van der Waals surface area (Å²) in [5.74, 6) is 3.34. The summed E-state index contributed by atoms with van der Waals surface area (Å²) in [5.41, 5.74) is 13.3. The van der Waals surface area contributed by atoms with E-state index >= 15 is 0 Å². The number of aromatic nitrogens is 2. The molecule has 2 fully saturated rings. The molecule has 2 atom stereocenters. The quantitative estimate of drug-likeness (QED) is 0.159. The molecule has 4 aliphatic rings. The topological polar surface area (TPSA) is 9.86 Å². The summed E-state index contributed by atoms with van der Waals surface area (Å²) in [5, 5.41) is 13.0. The van der Waals surface area contributed by atoms with Crippen LogP contribution in [0.1, 0.15) is 55.1 Å². The van der Waals surface area contributed by atoms with E-state index in [9.17, 15) is 0 Å². The van der Waals surface area contributed by atoms with Crippen LogP contribution in [0.15, 0.2) is 170 Å². The highest BCUT2D eigenvalue weighted by atomic mass is 15.0. The average Bonchev–Trinajstić information content (AvgIpc) is 3.74. The molecule has 4 bridgehead atoms. The zero-order valence-corrected chi connectivity index (χ0v) is 32.9.